The summed E-state index contributed by atoms with van der Waals surface area (Å²) in [5.74, 6) is 0.0917. The second-order valence-electron chi connectivity index (χ2n) is 7.82. The van der Waals surface area contributed by atoms with Crippen molar-refractivity contribution in [3.8, 4) is 0 Å². The van der Waals surface area contributed by atoms with Crippen molar-refractivity contribution in [1.29, 1.82) is 0 Å². The zero-order valence-electron chi connectivity index (χ0n) is 15.8. The Kier molecular flexibility index (Phi) is 4.02. The first-order valence-electron chi connectivity index (χ1n) is 9.37. The Morgan fingerprint density at radius 2 is 2.03 bits per heavy atom. The summed E-state index contributed by atoms with van der Waals surface area (Å²) < 4.78 is 25.4. The third kappa shape index (κ3) is 3.02. The largest absolute Gasteiger partial charge is 0.341 e. The van der Waals surface area contributed by atoms with Crippen molar-refractivity contribution in [2.24, 2.45) is 0 Å². The van der Waals surface area contributed by atoms with E-state index in [9.17, 15) is 13.2 Å². The van der Waals surface area contributed by atoms with E-state index in [4.69, 9.17) is 11.6 Å². The first-order chi connectivity index (χ1) is 13.8. The number of halogens is 1. The van der Waals surface area contributed by atoms with E-state index in [-0.39, 0.29) is 18.2 Å². The van der Waals surface area contributed by atoms with Crippen LogP contribution in [0.1, 0.15) is 24.1 Å². The molecule has 0 aromatic carbocycles. The van der Waals surface area contributed by atoms with Crippen LogP contribution in [-0.2, 0) is 33.1 Å². The van der Waals surface area contributed by atoms with E-state index in [1.54, 1.807) is 23.4 Å². The summed E-state index contributed by atoms with van der Waals surface area (Å²) in [6.07, 6.45) is 6.39. The number of sulfone groups is 1. The second-order valence-corrected chi connectivity index (χ2v) is 10.5. The number of carbonyl (C=O) groups excluding carboxylic acids is 1. The zero-order chi connectivity index (χ0) is 20.4. The summed E-state index contributed by atoms with van der Waals surface area (Å²) in [5, 5.41) is 0.369. The van der Waals surface area contributed by atoms with E-state index in [0.717, 1.165) is 35.3 Å². The van der Waals surface area contributed by atoms with Crippen molar-refractivity contribution >= 4 is 44.1 Å². The number of anilines is 1. The van der Waals surface area contributed by atoms with Crippen molar-refractivity contribution < 1.29 is 13.2 Å². The van der Waals surface area contributed by atoms with Gasteiger partial charge in [0.1, 0.15) is 15.0 Å². The van der Waals surface area contributed by atoms with E-state index in [0.29, 0.717) is 17.2 Å². The molecule has 7 nitrogen and oxygen atoms in total. The van der Waals surface area contributed by atoms with Crippen LogP contribution < -0.4 is 4.90 Å². The highest BCUT2D eigenvalue weighted by Crippen LogP contribution is 2.57. The maximum Gasteiger partial charge on any atom is 0.238 e. The maximum atomic E-state index is 13.2. The van der Waals surface area contributed by atoms with Gasteiger partial charge in [-0.05, 0) is 42.7 Å². The van der Waals surface area contributed by atoms with Crippen molar-refractivity contribution in [3.63, 3.8) is 0 Å². The molecule has 150 valence electrons. The summed E-state index contributed by atoms with van der Waals surface area (Å²) in [4.78, 5) is 23.5. The van der Waals surface area contributed by atoms with Gasteiger partial charge in [-0.25, -0.2) is 13.4 Å². The van der Waals surface area contributed by atoms with Crippen LogP contribution in [0.15, 0.2) is 36.7 Å². The van der Waals surface area contributed by atoms with Crippen LogP contribution >= 0.6 is 11.6 Å². The van der Waals surface area contributed by atoms with Crippen molar-refractivity contribution in [1.82, 2.24) is 14.5 Å². The molecule has 5 rings (SSSR count). The molecule has 0 saturated heterocycles. The standard InChI is InChI=1S/C20H19ClN4O3S/c1-29(27,28)9-8-24-13(10-15-16(24)2-3-18(21)23-15)12-25-17-11-22-7-4-14(17)20(5-6-20)19(25)26/h2-4,7,10-11H,5-6,8-9,12H2,1H3. The smallest absolute Gasteiger partial charge is 0.238 e. The van der Waals surface area contributed by atoms with Crippen LogP contribution in [0, 0.1) is 0 Å². The number of hydrogen-bond donors (Lipinski definition) is 0. The Morgan fingerprint density at radius 3 is 2.76 bits per heavy atom. The van der Waals surface area contributed by atoms with Gasteiger partial charge in [-0.2, -0.15) is 0 Å². The summed E-state index contributed by atoms with van der Waals surface area (Å²) in [7, 11) is -3.15. The third-order valence-electron chi connectivity index (χ3n) is 5.83. The Hall–Kier alpha value is -2.45. The minimum Gasteiger partial charge on any atom is -0.341 e. The van der Waals surface area contributed by atoms with Gasteiger partial charge < -0.3 is 9.47 Å². The topological polar surface area (TPSA) is 85.2 Å². The van der Waals surface area contributed by atoms with E-state index in [2.05, 4.69) is 9.97 Å². The molecule has 1 spiro atoms. The van der Waals surface area contributed by atoms with Crippen LogP contribution in [0.2, 0.25) is 5.15 Å². The molecular formula is C20H19ClN4O3S. The Morgan fingerprint density at radius 1 is 1.24 bits per heavy atom. The highest BCUT2D eigenvalue weighted by molar-refractivity contribution is 7.90. The quantitative estimate of drug-likeness (QED) is 0.581. The number of hydrogen-bond acceptors (Lipinski definition) is 5. The van der Waals surface area contributed by atoms with Gasteiger partial charge in [0.25, 0.3) is 0 Å². The normalized spacial score (nSPS) is 17.3. The summed E-state index contributed by atoms with van der Waals surface area (Å²) in [6, 6.07) is 7.33. The van der Waals surface area contributed by atoms with Gasteiger partial charge in [-0.1, -0.05) is 11.6 Å². The number of aryl methyl sites for hydroxylation is 1. The van der Waals surface area contributed by atoms with Gasteiger partial charge in [0.15, 0.2) is 0 Å². The number of aromatic nitrogens is 3. The molecule has 9 heteroatoms. The lowest BCUT2D eigenvalue weighted by Gasteiger charge is -2.19. The lowest BCUT2D eigenvalue weighted by atomic mass is 9.99. The number of nitrogens with zero attached hydrogens (tertiary/aromatic N) is 4. The fourth-order valence-electron chi connectivity index (χ4n) is 4.24. The molecule has 1 aliphatic heterocycles. The fourth-order valence-corrected chi connectivity index (χ4v) is 4.90. The van der Waals surface area contributed by atoms with E-state index < -0.39 is 15.3 Å². The highest BCUT2D eigenvalue weighted by Gasteiger charge is 2.59. The third-order valence-corrected chi connectivity index (χ3v) is 6.96. The Balaban J connectivity index is 1.58. The van der Waals surface area contributed by atoms with Gasteiger partial charge >= 0.3 is 0 Å². The van der Waals surface area contributed by atoms with Crippen LogP contribution in [-0.4, -0.2) is 40.9 Å². The van der Waals surface area contributed by atoms with E-state index >= 15 is 0 Å². The van der Waals surface area contributed by atoms with Crippen molar-refractivity contribution in [3.05, 3.63) is 53.1 Å². The minimum absolute atomic E-state index is 0.00241. The molecule has 3 aromatic heterocycles. The molecule has 0 atom stereocenters. The van der Waals surface area contributed by atoms with Crippen molar-refractivity contribution in [2.75, 3.05) is 16.9 Å². The Bertz CT molecular complexity index is 1260. The Labute approximate surface area is 173 Å². The molecule has 1 amide bonds. The van der Waals surface area contributed by atoms with Gasteiger partial charge in [0.05, 0.1) is 40.6 Å². The molecule has 1 aliphatic carbocycles. The second kappa shape index (κ2) is 6.27. The molecule has 4 heterocycles. The highest BCUT2D eigenvalue weighted by atomic mass is 35.5. The van der Waals surface area contributed by atoms with Crippen molar-refractivity contribution in [2.45, 2.75) is 31.3 Å². The van der Waals surface area contributed by atoms with Gasteiger partial charge in [0, 0.05) is 24.7 Å². The monoisotopic (exact) mass is 430 g/mol. The molecule has 29 heavy (non-hydrogen) atoms. The molecule has 0 N–H and O–H groups in total. The summed E-state index contributed by atoms with van der Waals surface area (Å²) in [5.41, 5.74) is 3.77. The van der Waals surface area contributed by atoms with Gasteiger partial charge in [0.2, 0.25) is 5.91 Å². The average Bonchev–Trinajstić information content (AvgIpc) is 3.36. The van der Waals surface area contributed by atoms with Crippen LogP contribution in [0.4, 0.5) is 5.69 Å². The molecule has 0 unspecified atom stereocenters. The number of rotatable bonds is 5. The predicted octanol–water partition coefficient (Wildman–Crippen LogP) is 2.71. The number of fused-ring (bicyclic) bond motifs is 3. The first kappa shape index (κ1) is 18.6. The number of pyridine rings is 2. The molecule has 0 radical (unpaired) electrons. The molecule has 0 bridgehead atoms. The SMILES string of the molecule is CS(=O)(=O)CCn1c(CN2C(=O)C3(CC3)c3ccncc32)cc2nc(Cl)ccc21. The van der Waals surface area contributed by atoms with Gasteiger partial charge in [-0.15, -0.1) is 0 Å². The molecule has 1 fully saturated rings. The van der Waals surface area contributed by atoms with Crippen LogP contribution in [0.5, 0.6) is 0 Å². The predicted molar refractivity (Wildman–Crippen MR) is 111 cm³/mol. The van der Waals surface area contributed by atoms with E-state index in [1.807, 2.05) is 22.8 Å². The average molecular weight is 431 g/mol. The first-order valence-corrected chi connectivity index (χ1v) is 11.8. The number of carbonyl (C=O) groups is 1. The minimum atomic E-state index is -3.15. The summed E-state index contributed by atoms with van der Waals surface area (Å²) >= 11 is 6.05. The molecule has 1 saturated carbocycles. The zero-order valence-corrected chi connectivity index (χ0v) is 17.4. The molecule has 2 aliphatic rings. The van der Waals surface area contributed by atoms with Crippen LogP contribution in [0.25, 0.3) is 11.0 Å². The lowest BCUT2D eigenvalue weighted by molar-refractivity contribution is -0.120. The molecule has 3 aromatic rings. The van der Waals surface area contributed by atoms with Gasteiger partial charge in [-0.3, -0.25) is 9.78 Å². The number of amides is 1. The maximum absolute atomic E-state index is 13.2. The lowest BCUT2D eigenvalue weighted by Crippen LogP contribution is -2.32. The summed E-state index contributed by atoms with van der Waals surface area (Å²) in [6.45, 7) is 0.616. The molecular weight excluding hydrogens is 412 g/mol. The fraction of sp³-hybridized carbons (Fsp3) is 0.350. The van der Waals surface area contributed by atoms with Crippen LogP contribution in [0.3, 0.4) is 0 Å². The van der Waals surface area contributed by atoms with E-state index in [1.165, 1.54) is 6.26 Å².